The van der Waals surface area contributed by atoms with Crippen molar-refractivity contribution in [1.29, 1.82) is 0 Å². The van der Waals surface area contributed by atoms with Gasteiger partial charge in [0.25, 0.3) is 0 Å². The van der Waals surface area contributed by atoms with Crippen LogP contribution in [0.25, 0.3) is 0 Å². The van der Waals surface area contributed by atoms with E-state index < -0.39 is 23.4 Å². The van der Waals surface area contributed by atoms with Crippen LogP contribution >= 0.6 is 0 Å². The highest BCUT2D eigenvalue weighted by Crippen LogP contribution is 2.16. The first-order valence-electron chi connectivity index (χ1n) is 6.06. The van der Waals surface area contributed by atoms with Crippen molar-refractivity contribution < 1.29 is 28.6 Å². The third-order valence-electron chi connectivity index (χ3n) is 2.32. The number of nitrogens with one attached hydrogen (secondary N) is 1. The third kappa shape index (κ3) is 4.86. The number of carbonyl (C=O) groups excluding carboxylic acids is 3. The molecule has 0 aromatic rings. The number of ether oxygens (including phenoxy) is 3. The lowest BCUT2D eigenvalue weighted by Crippen LogP contribution is -2.61. The van der Waals surface area contributed by atoms with Crippen molar-refractivity contribution in [3.05, 3.63) is 0 Å². The van der Waals surface area contributed by atoms with Gasteiger partial charge >= 0.3 is 11.9 Å². The Hall–Kier alpha value is -1.63. The van der Waals surface area contributed by atoms with Gasteiger partial charge in [-0.3, -0.25) is 4.79 Å². The highest BCUT2D eigenvalue weighted by molar-refractivity contribution is 6.07. The second kappa shape index (κ2) is 8.47. The molecule has 0 rings (SSSR count). The molecule has 0 unspecified atom stereocenters. The van der Waals surface area contributed by atoms with Crippen LogP contribution in [0.3, 0.4) is 0 Å². The van der Waals surface area contributed by atoms with Crippen molar-refractivity contribution in [2.24, 2.45) is 0 Å². The van der Waals surface area contributed by atoms with Crippen molar-refractivity contribution in [1.82, 2.24) is 5.32 Å². The monoisotopic (exact) mass is 275 g/mol. The molecular weight excluding hydrogens is 254 g/mol. The Labute approximate surface area is 112 Å². The molecule has 0 atom stereocenters. The molecule has 0 aromatic carbocycles. The van der Waals surface area contributed by atoms with E-state index in [1.54, 1.807) is 13.8 Å². The summed E-state index contributed by atoms with van der Waals surface area (Å²) in [7, 11) is 1.43. The number of hydrogen-bond donors (Lipinski definition) is 1. The second-order valence-corrected chi connectivity index (χ2v) is 3.77. The molecule has 0 aromatic heterocycles. The van der Waals surface area contributed by atoms with Crippen molar-refractivity contribution in [2.45, 2.75) is 32.7 Å². The maximum Gasteiger partial charge on any atom is 0.343 e. The number of rotatable bonds is 8. The zero-order valence-electron chi connectivity index (χ0n) is 11.8. The molecule has 0 heterocycles. The van der Waals surface area contributed by atoms with Gasteiger partial charge in [0, 0.05) is 27.1 Å². The fraction of sp³-hybridized carbons (Fsp3) is 0.750. The average molecular weight is 275 g/mol. The van der Waals surface area contributed by atoms with E-state index in [2.05, 4.69) is 5.32 Å². The van der Waals surface area contributed by atoms with Gasteiger partial charge in [-0.25, -0.2) is 9.59 Å². The standard InChI is InChI=1S/C12H21NO6/c1-5-18-10(15)12(7-8-17-4,13-9(3)14)11(16)19-6-2/h5-8H2,1-4H3,(H,13,14). The Morgan fingerprint density at radius 2 is 1.53 bits per heavy atom. The largest absolute Gasteiger partial charge is 0.464 e. The van der Waals surface area contributed by atoms with E-state index >= 15 is 0 Å². The van der Waals surface area contributed by atoms with Crippen LogP contribution in [-0.2, 0) is 28.6 Å². The molecule has 0 saturated heterocycles. The molecule has 7 heteroatoms. The Balaban J connectivity index is 5.35. The molecule has 0 saturated carbocycles. The van der Waals surface area contributed by atoms with E-state index in [1.165, 1.54) is 14.0 Å². The van der Waals surface area contributed by atoms with Gasteiger partial charge in [0.05, 0.1) is 13.2 Å². The lowest BCUT2D eigenvalue weighted by atomic mass is 9.95. The minimum absolute atomic E-state index is 0.0548. The summed E-state index contributed by atoms with van der Waals surface area (Å²) in [5.41, 5.74) is -1.85. The summed E-state index contributed by atoms with van der Waals surface area (Å²) in [6, 6.07) is 0. The summed E-state index contributed by atoms with van der Waals surface area (Å²) in [5, 5.41) is 2.33. The van der Waals surface area contributed by atoms with Gasteiger partial charge in [0.2, 0.25) is 11.4 Å². The molecule has 110 valence electrons. The van der Waals surface area contributed by atoms with E-state index in [0.717, 1.165) is 0 Å². The Kier molecular flexibility index (Phi) is 7.74. The van der Waals surface area contributed by atoms with Crippen LogP contribution in [-0.4, -0.2) is 50.3 Å². The van der Waals surface area contributed by atoms with Gasteiger partial charge in [0.15, 0.2) is 0 Å². The van der Waals surface area contributed by atoms with E-state index in [9.17, 15) is 14.4 Å². The van der Waals surface area contributed by atoms with Gasteiger partial charge in [0.1, 0.15) is 0 Å². The molecule has 0 fully saturated rings. The molecule has 1 N–H and O–H groups in total. The highest BCUT2D eigenvalue weighted by Gasteiger charge is 2.49. The first-order chi connectivity index (χ1) is 8.94. The minimum atomic E-state index is -1.85. The van der Waals surface area contributed by atoms with Gasteiger partial charge in [-0.15, -0.1) is 0 Å². The third-order valence-corrected chi connectivity index (χ3v) is 2.32. The van der Waals surface area contributed by atoms with E-state index in [0.29, 0.717) is 0 Å². The van der Waals surface area contributed by atoms with E-state index in [1.807, 2.05) is 0 Å². The number of amides is 1. The summed E-state index contributed by atoms with van der Waals surface area (Å²) in [6.45, 7) is 4.70. The molecule has 7 nitrogen and oxygen atoms in total. The summed E-state index contributed by atoms with van der Waals surface area (Å²) in [4.78, 5) is 35.3. The maximum absolute atomic E-state index is 12.0. The first-order valence-corrected chi connectivity index (χ1v) is 6.06. The SMILES string of the molecule is CCOC(=O)C(CCOC)(NC(C)=O)C(=O)OCC. The smallest absolute Gasteiger partial charge is 0.343 e. The van der Waals surface area contributed by atoms with Crippen molar-refractivity contribution >= 4 is 17.8 Å². The molecule has 0 aliphatic heterocycles. The van der Waals surface area contributed by atoms with Crippen LogP contribution in [0.2, 0.25) is 0 Å². The highest BCUT2D eigenvalue weighted by atomic mass is 16.6. The zero-order valence-corrected chi connectivity index (χ0v) is 11.8. The summed E-state index contributed by atoms with van der Waals surface area (Å²) < 4.78 is 14.6. The Morgan fingerprint density at radius 3 is 1.84 bits per heavy atom. The van der Waals surface area contributed by atoms with Crippen LogP contribution in [0.15, 0.2) is 0 Å². The molecule has 0 spiro atoms. The molecule has 0 aliphatic rings. The topological polar surface area (TPSA) is 90.9 Å². The first kappa shape index (κ1) is 17.4. The quantitative estimate of drug-likeness (QED) is 0.496. The second-order valence-electron chi connectivity index (χ2n) is 3.77. The van der Waals surface area contributed by atoms with Crippen molar-refractivity contribution in [2.75, 3.05) is 26.9 Å². The fourth-order valence-corrected chi connectivity index (χ4v) is 1.52. The average Bonchev–Trinajstić information content (AvgIpc) is 2.34. The van der Waals surface area contributed by atoms with Crippen LogP contribution in [0.1, 0.15) is 27.2 Å². The molecule has 0 aliphatic carbocycles. The van der Waals surface area contributed by atoms with Gasteiger partial charge in [-0.05, 0) is 13.8 Å². The van der Waals surface area contributed by atoms with E-state index in [-0.39, 0.29) is 26.2 Å². The van der Waals surface area contributed by atoms with Gasteiger partial charge in [-0.1, -0.05) is 0 Å². The lowest BCUT2D eigenvalue weighted by Gasteiger charge is -2.29. The Morgan fingerprint density at radius 1 is 1.05 bits per heavy atom. The zero-order chi connectivity index (χ0) is 14.9. The normalized spacial score (nSPS) is 10.7. The number of hydrogen-bond acceptors (Lipinski definition) is 6. The lowest BCUT2D eigenvalue weighted by molar-refractivity contribution is -0.169. The molecule has 0 radical (unpaired) electrons. The van der Waals surface area contributed by atoms with Crippen LogP contribution in [0.5, 0.6) is 0 Å². The van der Waals surface area contributed by atoms with Crippen molar-refractivity contribution in [3.63, 3.8) is 0 Å². The van der Waals surface area contributed by atoms with Crippen LogP contribution < -0.4 is 5.32 Å². The predicted molar refractivity (Wildman–Crippen MR) is 66.3 cm³/mol. The summed E-state index contributed by atoms with van der Waals surface area (Å²) in [5.74, 6) is -2.22. The fourth-order valence-electron chi connectivity index (χ4n) is 1.52. The maximum atomic E-state index is 12.0. The number of carbonyl (C=O) groups is 3. The van der Waals surface area contributed by atoms with E-state index in [4.69, 9.17) is 14.2 Å². The van der Waals surface area contributed by atoms with Gasteiger partial charge < -0.3 is 19.5 Å². The molecular formula is C12H21NO6. The van der Waals surface area contributed by atoms with Crippen LogP contribution in [0.4, 0.5) is 0 Å². The predicted octanol–water partition coefficient (Wildman–Crippen LogP) is 0.0240. The molecule has 19 heavy (non-hydrogen) atoms. The number of esters is 2. The van der Waals surface area contributed by atoms with Gasteiger partial charge in [-0.2, -0.15) is 0 Å². The van der Waals surface area contributed by atoms with Crippen molar-refractivity contribution in [3.8, 4) is 0 Å². The Bertz CT molecular complexity index is 310. The summed E-state index contributed by atoms with van der Waals surface area (Å²) in [6.07, 6.45) is -0.0548. The molecule has 0 bridgehead atoms. The molecule has 1 amide bonds. The minimum Gasteiger partial charge on any atom is -0.464 e. The van der Waals surface area contributed by atoms with Crippen LogP contribution in [0, 0.1) is 0 Å². The number of methoxy groups -OCH3 is 1. The summed E-state index contributed by atoms with van der Waals surface area (Å²) >= 11 is 0.